The maximum absolute atomic E-state index is 11.3. The van der Waals surface area contributed by atoms with Gasteiger partial charge in [-0.3, -0.25) is 4.79 Å². The molecule has 4 nitrogen and oxygen atoms in total. The zero-order chi connectivity index (χ0) is 16.2. The van der Waals surface area contributed by atoms with Crippen LogP contribution < -0.4 is 0 Å². The highest BCUT2D eigenvalue weighted by Crippen LogP contribution is 2.49. The molecule has 1 spiro atoms. The molecule has 2 unspecified atom stereocenters. The van der Waals surface area contributed by atoms with Gasteiger partial charge in [-0.15, -0.1) is 0 Å². The SMILES string of the molecule is C=C1CC2(C=CC(=O)C=C2)C[C@H]1CC(C#N)OC(C)OCC. The van der Waals surface area contributed by atoms with Crippen LogP contribution >= 0.6 is 0 Å². The lowest BCUT2D eigenvalue weighted by atomic mass is 9.81. The maximum Gasteiger partial charge on any atom is 0.178 e. The Hall–Kier alpha value is -1.70. The highest BCUT2D eigenvalue weighted by Gasteiger charge is 2.39. The number of carbonyl (C=O) groups is 1. The second-order valence-corrected chi connectivity index (χ2v) is 6.05. The van der Waals surface area contributed by atoms with E-state index in [9.17, 15) is 10.1 Å². The minimum absolute atomic E-state index is 0.0310. The minimum atomic E-state index is -0.503. The average Bonchev–Trinajstić information content (AvgIpc) is 2.78. The van der Waals surface area contributed by atoms with Crippen LogP contribution in [0.15, 0.2) is 36.5 Å². The van der Waals surface area contributed by atoms with Gasteiger partial charge in [0, 0.05) is 12.0 Å². The molecular weight excluding hydrogens is 278 g/mol. The van der Waals surface area contributed by atoms with E-state index in [-0.39, 0.29) is 23.4 Å². The van der Waals surface area contributed by atoms with Gasteiger partial charge in [0.25, 0.3) is 0 Å². The summed E-state index contributed by atoms with van der Waals surface area (Å²) >= 11 is 0. The molecular formula is C18H23NO3. The first kappa shape index (κ1) is 16.7. The number of hydrogen-bond donors (Lipinski definition) is 0. The number of carbonyl (C=O) groups excluding carboxylic acids is 1. The molecule has 0 heterocycles. The van der Waals surface area contributed by atoms with Crippen LogP contribution in [-0.4, -0.2) is 24.8 Å². The van der Waals surface area contributed by atoms with Crippen molar-refractivity contribution < 1.29 is 14.3 Å². The summed E-state index contributed by atoms with van der Waals surface area (Å²) in [5.74, 6) is 0.254. The van der Waals surface area contributed by atoms with Gasteiger partial charge < -0.3 is 9.47 Å². The molecule has 1 saturated carbocycles. The molecule has 22 heavy (non-hydrogen) atoms. The van der Waals surface area contributed by atoms with Gasteiger partial charge in [-0.2, -0.15) is 5.26 Å². The Labute approximate surface area is 132 Å². The highest BCUT2D eigenvalue weighted by atomic mass is 16.7. The Morgan fingerprint density at radius 2 is 2.18 bits per heavy atom. The number of hydrogen-bond acceptors (Lipinski definition) is 4. The number of allylic oxidation sites excluding steroid dienone is 5. The first-order valence-corrected chi connectivity index (χ1v) is 7.75. The van der Waals surface area contributed by atoms with Crippen LogP contribution in [0.2, 0.25) is 0 Å². The molecule has 0 bridgehead atoms. The molecule has 2 rings (SSSR count). The molecule has 2 aliphatic rings. The lowest BCUT2D eigenvalue weighted by molar-refractivity contribution is -0.146. The normalized spacial score (nSPS) is 25.4. The molecule has 0 radical (unpaired) electrons. The van der Waals surface area contributed by atoms with E-state index in [1.165, 1.54) is 0 Å². The molecule has 0 N–H and O–H groups in total. The fourth-order valence-corrected chi connectivity index (χ4v) is 3.26. The van der Waals surface area contributed by atoms with Gasteiger partial charge in [-0.05, 0) is 51.2 Å². The van der Waals surface area contributed by atoms with Crippen molar-refractivity contribution in [2.45, 2.75) is 45.5 Å². The van der Waals surface area contributed by atoms with Crippen molar-refractivity contribution in [2.24, 2.45) is 11.3 Å². The molecule has 3 atom stereocenters. The van der Waals surface area contributed by atoms with Crippen LogP contribution in [0.4, 0.5) is 0 Å². The van der Waals surface area contributed by atoms with E-state index in [1.54, 1.807) is 19.1 Å². The summed E-state index contributed by atoms with van der Waals surface area (Å²) in [6.45, 7) is 8.41. The number of ether oxygens (including phenoxy) is 2. The summed E-state index contributed by atoms with van der Waals surface area (Å²) < 4.78 is 11.0. The van der Waals surface area contributed by atoms with E-state index in [0.717, 1.165) is 18.4 Å². The second kappa shape index (κ2) is 7.04. The highest BCUT2D eigenvalue weighted by molar-refractivity contribution is 6.00. The molecule has 0 amide bonds. The maximum atomic E-state index is 11.3. The van der Waals surface area contributed by atoms with Gasteiger partial charge in [0.05, 0.1) is 6.07 Å². The van der Waals surface area contributed by atoms with Gasteiger partial charge in [-0.25, -0.2) is 0 Å². The fourth-order valence-electron chi connectivity index (χ4n) is 3.26. The predicted octanol–water partition coefficient (Wildman–Crippen LogP) is 3.32. The largest absolute Gasteiger partial charge is 0.353 e. The summed E-state index contributed by atoms with van der Waals surface area (Å²) in [6, 6.07) is 2.20. The number of ketones is 1. The molecule has 118 valence electrons. The van der Waals surface area contributed by atoms with Crippen LogP contribution in [0, 0.1) is 22.7 Å². The Kier molecular flexibility index (Phi) is 5.33. The van der Waals surface area contributed by atoms with E-state index in [0.29, 0.717) is 13.0 Å². The van der Waals surface area contributed by atoms with Gasteiger partial charge in [0.2, 0.25) is 0 Å². The number of nitriles is 1. The Morgan fingerprint density at radius 1 is 1.50 bits per heavy atom. The van der Waals surface area contributed by atoms with E-state index in [4.69, 9.17) is 9.47 Å². The molecule has 0 saturated heterocycles. The van der Waals surface area contributed by atoms with Gasteiger partial charge in [0.1, 0.15) is 6.10 Å². The van der Waals surface area contributed by atoms with E-state index in [2.05, 4.69) is 12.6 Å². The first-order valence-electron chi connectivity index (χ1n) is 7.75. The van der Waals surface area contributed by atoms with Crippen LogP contribution in [0.5, 0.6) is 0 Å². The Morgan fingerprint density at radius 3 is 2.77 bits per heavy atom. The minimum Gasteiger partial charge on any atom is -0.353 e. The van der Waals surface area contributed by atoms with Crippen molar-refractivity contribution >= 4 is 5.78 Å². The van der Waals surface area contributed by atoms with Crippen molar-refractivity contribution in [3.8, 4) is 6.07 Å². The smallest absolute Gasteiger partial charge is 0.178 e. The van der Waals surface area contributed by atoms with Gasteiger partial charge in [0.15, 0.2) is 12.1 Å². The third kappa shape index (κ3) is 3.94. The zero-order valence-electron chi connectivity index (χ0n) is 13.2. The van der Waals surface area contributed by atoms with E-state index < -0.39 is 6.10 Å². The predicted molar refractivity (Wildman–Crippen MR) is 83.8 cm³/mol. The van der Waals surface area contributed by atoms with Crippen molar-refractivity contribution in [3.63, 3.8) is 0 Å². The standard InChI is InChI=1S/C18H23NO3/c1-4-21-14(3)22-17(12-19)9-15-11-18(10-13(15)2)7-5-16(20)6-8-18/h5-8,14-15,17H,2,4,9-11H2,1,3H3/t14?,15-,17?/m1/s1. The van der Waals surface area contributed by atoms with Crippen LogP contribution in [-0.2, 0) is 14.3 Å². The van der Waals surface area contributed by atoms with E-state index >= 15 is 0 Å². The summed E-state index contributed by atoms with van der Waals surface area (Å²) in [5.41, 5.74) is 1.01. The summed E-state index contributed by atoms with van der Waals surface area (Å²) in [7, 11) is 0. The van der Waals surface area contributed by atoms with Crippen molar-refractivity contribution in [3.05, 3.63) is 36.5 Å². The quantitative estimate of drug-likeness (QED) is 0.558. The van der Waals surface area contributed by atoms with Gasteiger partial charge in [-0.1, -0.05) is 24.3 Å². The summed E-state index contributed by atoms with van der Waals surface area (Å²) in [5, 5.41) is 9.29. The molecule has 2 aliphatic carbocycles. The lowest BCUT2D eigenvalue weighted by Crippen LogP contribution is -2.23. The van der Waals surface area contributed by atoms with Crippen LogP contribution in [0.3, 0.4) is 0 Å². The van der Waals surface area contributed by atoms with Gasteiger partial charge >= 0.3 is 0 Å². The van der Waals surface area contributed by atoms with Crippen LogP contribution in [0.1, 0.15) is 33.1 Å². The van der Waals surface area contributed by atoms with Crippen molar-refractivity contribution in [2.75, 3.05) is 6.61 Å². The Bertz CT molecular complexity index is 525. The Balaban J connectivity index is 1.97. The fraction of sp³-hybridized carbons (Fsp3) is 0.556. The third-order valence-corrected chi connectivity index (χ3v) is 4.32. The molecule has 1 fully saturated rings. The number of rotatable bonds is 6. The number of nitrogens with zero attached hydrogens (tertiary/aromatic N) is 1. The monoisotopic (exact) mass is 301 g/mol. The molecule has 4 heteroatoms. The van der Waals surface area contributed by atoms with Crippen LogP contribution in [0.25, 0.3) is 0 Å². The van der Waals surface area contributed by atoms with Crippen molar-refractivity contribution in [1.29, 1.82) is 5.26 Å². The molecule has 0 aliphatic heterocycles. The molecule has 0 aromatic rings. The molecule has 0 aromatic carbocycles. The van der Waals surface area contributed by atoms with E-state index in [1.807, 2.05) is 19.1 Å². The zero-order valence-corrected chi connectivity index (χ0v) is 13.2. The lowest BCUT2D eigenvalue weighted by Gasteiger charge is -2.24. The second-order valence-electron chi connectivity index (χ2n) is 6.05. The topological polar surface area (TPSA) is 59.3 Å². The first-order chi connectivity index (χ1) is 10.5. The third-order valence-electron chi connectivity index (χ3n) is 4.32. The average molecular weight is 301 g/mol. The summed E-state index contributed by atoms with van der Waals surface area (Å²) in [6.07, 6.45) is 8.65. The van der Waals surface area contributed by atoms with Crippen molar-refractivity contribution in [1.82, 2.24) is 0 Å². The summed E-state index contributed by atoms with van der Waals surface area (Å²) in [4.78, 5) is 11.3. The molecule has 0 aromatic heterocycles.